The van der Waals surface area contributed by atoms with Crippen LogP contribution in [0.1, 0.15) is 11.9 Å². The molecule has 3 aromatic heterocycles. The minimum Gasteiger partial charge on any atom is -0.322 e. The average molecular weight is 427 g/mol. The summed E-state index contributed by atoms with van der Waals surface area (Å²) in [5.74, 6) is -0.264. The molecule has 0 saturated carbocycles. The van der Waals surface area contributed by atoms with Crippen LogP contribution in [-0.4, -0.2) is 30.0 Å². The molecule has 0 bridgehead atoms. The maximum Gasteiger partial charge on any atom is 0.250 e. The van der Waals surface area contributed by atoms with Crippen LogP contribution in [0.25, 0.3) is 32.9 Å². The topological polar surface area (TPSA) is 85.6 Å². The molecule has 0 aliphatic carbocycles. The molecule has 0 spiro atoms. The van der Waals surface area contributed by atoms with Gasteiger partial charge in [-0.25, -0.2) is 13.9 Å². The Kier molecular flexibility index (Phi) is 5.12. The Morgan fingerprint density at radius 2 is 2.14 bits per heavy atom. The average Bonchev–Trinajstić information content (AvgIpc) is 3.31. The van der Waals surface area contributed by atoms with E-state index in [0.29, 0.717) is 38.6 Å². The Labute approximate surface area is 174 Å². The Bertz CT molecular complexity index is 1250. The number of carbonyl (C=O) groups is 1. The molecule has 0 saturated heterocycles. The third kappa shape index (κ3) is 3.64. The van der Waals surface area contributed by atoms with Gasteiger partial charge >= 0.3 is 0 Å². The molecule has 1 amide bonds. The molecule has 146 valence electrons. The van der Waals surface area contributed by atoms with E-state index in [1.807, 2.05) is 19.1 Å². The van der Waals surface area contributed by atoms with Crippen molar-refractivity contribution in [3.05, 3.63) is 53.9 Å². The molecule has 0 radical (unpaired) electrons. The minimum atomic E-state index is -0.264. The SMILES string of the molecule is C=C(C)C(=O)Nc1cccc(-c2ncnc3c2c(-c2nnc(C)s2)cn3SF)c1. The van der Waals surface area contributed by atoms with E-state index >= 15 is 0 Å². The van der Waals surface area contributed by atoms with Crippen molar-refractivity contribution >= 4 is 46.3 Å². The lowest BCUT2D eigenvalue weighted by molar-refractivity contribution is -0.112. The van der Waals surface area contributed by atoms with Crippen LogP contribution in [-0.2, 0) is 4.79 Å². The normalized spacial score (nSPS) is 11.0. The number of amides is 1. The van der Waals surface area contributed by atoms with Gasteiger partial charge in [0, 0.05) is 28.6 Å². The molecular weight excluding hydrogens is 411 g/mol. The van der Waals surface area contributed by atoms with Crippen molar-refractivity contribution in [2.75, 3.05) is 5.32 Å². The standard InChI is InChI=1S/C19H15FN6OS2/c1-10(2)18(27)23-13-6-4-5-12(7-13)16-15-14(19-25-24-11(3)28-19)8-26(29-20)17(15)22-9-21-16/h4-9H,1H2,2-3H3,(H,23,27). The van der Waals surface area contributed by atoms with Crippen LogP contribution in [0.5, 0.6) is 0 Å². The highest BCUT2D eigenvalue weighted by atomic mass is 32.2. The van der Waals surface area contributed by atoms with Crippen molar-refractivity contribution in [3.8, 4) is 21.8 Å². The zero-order valence-corrected chi connectivity index (χ0v) is 17.1. The molecule has 4 aromatic rings. The van der Waals surface area contributed by atoms with Crippen LogP contribution in [0.2, 0.25) is 0 Å². The van der Waals surface area contributed by atoms with E-state index < -0.39 is 0 Å². The van der Waals surface area contributed by atoms with Crippen LogP contribution in [0.3, 0.4) is 0 Å². The fourth-order valence-corrected chi connectivity index (χ4v) is 3.91. The number of fused-ring (bicyclic) bond motifs is 1. The lowest BCUT2D eigenvalue weighted by atomic mass is 10.1. The number of nitrogens with one attached hydrogen (secondary N) is 1. The lowest BCUT2D eigenvalue weighted by Crippen LogP contribution is -2.11. The highest BCUT2D eigenvalue weighted by molar-refractivity contribution is 7.92. The van der Waals surface area contributed by atoms with Gasteiger partial charge in [-0.3, -0.25) is 4.79 Å². The summed E-state index contributed by atoms with van der Waals surface area (Å²) in [5, 5.41) is 13.2. The molecular formula is C19H15FN6OS2. The van der Waals surface area contributed by atoms with Gasteiger partial charge in [0.1, 0.15) is 16.3 Å². The van der Waals surface area contributed by atoms with Gasteiger partial charge in [0.05, 0.1) is 11.1 Å². The molecule has 10 heteroatoms. The second-order valence-electron chi connectivity index (χ2n) is 6.30. The van der Waals surface area contributed by atoms with Crippen molar-refractivity contribution in [1.29, 1.82) is 0 Å². The van der Waals surface area contributed by atoms with Crippen LogP contribution in [0.15, 0.2) is 48.9 Å². The van der Waals surface area contributed by atoms with Gasteiger partial charge in [0.2, 0.25) is 0 Å². The highest BCUT2D eigenvalue weighted by Crippen LogP contribution is 2.38. The third-order valence-electron chi connectivity index (χ3n) is 4.16. The van der Waals surface area contributed by atoms with Gasteiger partial charge in [-0.2, -0.15) is 0 Å². The number of aromatic nitrogens is 5. The van der Waals surface area contributed by atoms with E-state index in [1.165, 1.54) is 21.6 Å². The maximum atomic E-state index is 13.5. The van der Waals surface area contributed by atoms with Crippen molar-refractivity contribution in [1.82, 2.24) is 24.1 Å². The van der Waals surface area contributed by atoms with Crippen molar-refractivity contribution < 1.29 is 8.68 Å². The number of rotatable bonds is 5. The van der Waals surface area contributed by atoms with Gasteiger partial charge < -0.3 is 5.32 Å². The van der Waals surface area contributed by atoms with Crippen molar-refractivity contribution in [2.24, 2.45) is 0 Å². The fraction of sp³-hybridized carbons (Fsp3) is 0.105. The zero-order valence-electron chi connectivity index (χ0n) is 15.5. The number of hydrogen-bond donors (Lipinski definition) is 1. The summed E-state index contributed by atoms with van der Waals surface area (Å²) in [6.07, 6.45) is 3.03. The van der Waals surface area contributed by atoms with Gasteiger partial charge in [0.25, 0.3) is 5.91 Å². The third-order valence-corrected chi connectivity index (χ3v) is 5.46. The molecule has 3 heterocycles. The van der Waals surface area contributed by atoms with Gasteiger partial charge in [-0.1, -0.05) is 30.0 Å². The Morgan fingerprint density at radius 3 is 2.83 bits per heavy atom. The molecule has 0 aliphatic heterocycles. The predicted molar refractivity (Wildman–Crippen MR) is 114 cm³/mol. The first-order chi connectivity index (χ1) is 14.0. The van der Waals surface area contributed by atoms with Gasteiger partial charge in [-0.05, 0) is 26.0 Å². The second kappa shape index (κ2) is 7.72. The van der Waals surface area contributed by atoms with Crippen LogP contribution in [0, 0.1) is 6.92 Å². The predicted octanol–water partition coefficient (Wildman–Crippen LogP) is 4.82. The number of aryl methyl sites for hydroxylation is 1. The van der Waals surface area contributed by atoms with E-state index in [-0.39, 0.29) is 18.2 Å². The molecule has 0 atom stereocenters. The molecule has 4 rings (SSSR count). The quantitative estimate of drug-likeness (QED) is 0.461. The number of benzene rings is 1. The Morgan fingerprint density at radius 1 is 1.31 bits per heavy atom. The van der Waals surface area contributed by atoms with E-state index in [2.05, 4.69) is 32.1 Å². The second-order valence-corrected chi connectivity index (χ2v) is 8.01. The first-order valence-corrected chi connectivity index (χ1v) is 10.00. The molecule has 0 unspecified atom stereocenters. The number of carbonyl (C=O) groups excluding carboxylic acids is 1. The van der Waals surface area contributed by atoms with E-state index in [9.17, 15) is 8.68 Å². The number of anilines is 1. The summed E-state index contributed by atoms with van der Waals surface area (Å²) < 4.78 is 14.9. The summed E-state index contributed by atoms with van der Waals surface area (Å²) in [7, 11) is 0. The summed E-state index contributed by atoms with van der Waals surface area (Å²) in [6, 6.07) is 7.26. The zero-order chi connectivity index (χ0) is 20.5. The first-order valence-electron chi connectivity index (χ1n) is 8.51. The Balaban J connectivity index is 1.90. The summed E-state index contributed by atoms with van der Waals surface area (Å²) in [4.78, 5) is 20.7. The minimum absolute atomic E-state index is 0.0554. The van der Waals surface area contributed by atoms with Crippen LogP contribution >= 0.6 is 23.7 Å². The molecule has 29 heavy (non-hydrogen) atoms. The summed E-state index contributed by atoms with van der Waals surface area (Å²) in [6.45, 7) is 7.14. The maximum absolute atomic E-state index is 13.5. The fourth-order valence-electron chi connectivity index (χ4n) is 2.86. The smallest absolute Gasteiger partial charge is 0.250 e. The molecule has 1 N–H and O–H groups in total. The summed E-state index contributed by atoms with van der Waals surface area (Å²) >= 11 is 1.46. The Hall–Kier alpha value is -3.11. The number of nitrogens with zero attached hydrogens (tertiary/aromatic N) is 5. The van der Waals surface area contributed by atoms with Crippen molar-refractivity contribution in [2.45, 2.75) is 13.8 Å². The van der Waals surface area contributed by atoms with Crippen molar-refractivity contribution in [3.63, 3.8) is 0 Å². The molecule has 1 aromatic carbocycles. The number of halogens is 1. The van der Waals surface area contributed by atoms with E-state index in [4.69, 9.17) is 0 Å². The largest absolute Gasteiger partial charge is 0.322 e. The summed E-state index contributed by atoms with van der Waals surface area (Å²) in [5.41, 5.74) is 3.50. The molecule has 0 aliphatic rings. The van der Waals surface area contributed by atoms with E-state index in [0.717, 1.165) is 10.6 Å². The van der Waals surface area contributed by atoms with Gasteiger partial charge in [-0.15, -0.1) is 14.1 Å². The van der Waals surface area contributed by atoms with Crippen LogP contribution < -0.4 is 5.32 Å². The van der Waals surface area contributed by atoms with Crippen LogP contribution in [0.4, 0.5) is 9.57 Å². The van der Waals surface area contributed by atoms with E-state index in [1.54, 1.807) is 25.3 Å². The lowest BCUT2D eigenvalue weighted by Gasteiger charge is -2.08. The molecule has 7 nitrogen and oxygen atoms in total. The molecule has 0 fully saturated rings. The highest BCUT2D eigenvalue weighted by Gasteiger charge is 2.20. The first kappa shape index (κ1) is 19.2. The number of hydrogen-bond acceptors (Lipinski definition) is 7. The van der Waals surface area contributed by atoms with Gasteiger partial charge in [0.15, 0.2) is 18.0 Å². The monoisotopic (exact) mass is 426 g/mol.